The molecule has 6 heteroatoms. The summed E-state index contributed by atoms with van der Waals surface area (Å²) in [5.41, 5.74) is -2.69. The van der Waals surface area contributed by atoms with Gasteiger partial charge in [-0.2, -0.15) is 0 Å². The second-order valence-corrected chi connectivity index (χ2v) is 5.67. The van der Waals surface area contributed by atoms with Crippen molar-refractivity contribution >= 4 is 11.5 Å². The number of hydrogen-bond donors (Lipinski definition) is 3. The summed E-state index contributed by atoms with van der Waals surface area (Å²) in [6.07, 6.45) is 0. The first-order chi connectivity index (χ1) is 11.0. The number of hydrogen-bond acceptors (Lipinski definition) is 6. The molecule has 4 rings (SSSR count). The average Bonchev–Trinajstić information content (AvgIpc) is 2.90. The summed E-state index contributed by atoms with van der Waals surface area (Å²) >= 11 is 0. The number of carbonyl (C=O) groups excluding carboxylic acids is 1. The Morgan fingerprint density at radius 2 is 1.65 bits per heavy atom. The van der Waals surface area contributed by atoms with Gasteiger partial charge in [-0.05, 0) is 6.07 Å². The number of fused-ring (bicyclic) bond motifs is 5. The van der Waals surface area contributed by atoms with Crippen LogP contribution in [0.25, 0.3) is 0 Å². The van der Waals surface area contributed by atoms with Crippen molar-refractivity contribution in [3.63, 3.8) is 0 Å². The lowest BCUT2D eigenvalue weighted by Gasteiger charge is -2.30. The number of methoxy groups -OCH3 is 2. The van der Waals surface area contributed by atoms with Gasteiger partial charge in [-0.15, -0.1) is 0 Å². The molecule has 1 aliphatic carbocycles. The van der Waals surface area contributed by atoms with Crippen LogP contribution in [0.1, 0.15) is 21.5 Å². The van der Waals surface area contributed by atoms with Crippen molar-refractivity contribution in [3.8, 4) is 11.5 Å². The summed E-state index contributed by atoms with van der Waals surface area (Å²) in [5.74, 6) is 0.259. The summed E-state index contributed by atoms with van der Waals surface area (Å²) in [5, 5.41) is 25.1. The zero-order valence-corrected chi connectivity index (χ0v) is 12.6. The molecule has 118 valence electrons. The highest BCUT2D eigenvalue weighted by Gasteiger charge is 2.68. The van der Waals surface area contributed by atoms with E-state index < -0.39 is 17.1 Å². The number of benzene rings is 2. The maximum absolute atomic E-state index is 12.8. The molecule has 2 aromatic carbocycles. The quantitative estimate of drug-likeness (QED) is 0.776. The lowest BCUT2D eigenvalue weighted by atomic mass is 9.86. The Balaban J connectivity index is 2.00. The summed E-state index contributed by atoms with van der Waals surface area (Å²) in [6, 6.07) is 9.73. The van der Waals surface area contributed by atoms with Crippen molar-refractivity contribution in [1.82, 2.24) is 0 Å². The Morgan fingerprint density at radius 3 is 2.35 bits per heavy atom. The maximum atomic E-state index is 12.8. The normalized spacial score (nSPS) is 27.0. The minimum Gasteiger partial charge on any atom is -0.493 e. The van der Waals surface area contributed by atoms with Gasteiger partial charge >= 0.3 is 0 Å². The van der Waals surface area contributed by atoms with Gasteiger partial charge in [0.1, 0.15) is 0 Å². The molecule has 0 saturated carbocycles. The average molecular weight is 313 g/mol. The van der Waals surface area contributed by atoms with Crippen molar-refractivity contribution in [2.75, 3.05) is 19.5 Å². The van der Waals surface area contributed by atoms with E-state index >= 15 is 0 Å². The molecule has 6 nitrogen and oxygen atoms in total. The Hall–Kier alpha value is -2.57. The van der Waals surface area contributed by atoms with Crippen LogP contribution < -0.4 is 14.8 Å². The van der Waals surface area contributed by atoms with Crippen molar-refractivity contribution < 1.29 is 24.5 Å². The van der Waals surface area contributed by atoms with E-state index in [0.29, 0.717) is 28.3 Å². The van der Waals surface area contributed by atoms with Crippen LogP contribution in [0, 0.1) is 0 Å². The van der Waals surface area contributed by atoms with E-state index in [2.05, 4.69) is 5.32 Å². The first-order valence-electron chi connectivity index (χ1n) is 7.11. The Labute approximate surface area is 132 Å². The molecule has 1 heterocycles. The fraction of sp³-hybridized carbons (Fsp3) is 0.235. The van der Waals surface area contributed by atoms with Crippen LogP contribution in [0.4, 0.5) is 5.69 Å². The summed E-state index contributed by atoms with van der Waals surface area (Å²) in [7, 11) is 2.96. The third-order valence-electron chi connectivity index (χ3n) is 4.64. The van der Waals surface area contributed by atoms with E-state index in [1.807, 2.05) is 0 Å². The molecule has 0 bridgehead atoms. The van der Waals surface area contributed by atoms with Crippen molar-refractivity contribution in [3.05, 3.63) is 53.1 Å². The predicted molar refractivity (Wildman–Crippen MR) is 81.7 cm³/mol. The van der Waals surface area contributed by atoms with E-state index in [1.54, 1.807) is 30.3 Å². The number of Topliss-reactive ketones (excluding diaryl/α,β-unsaturated/α-hetero) is 1. The SMILES string of the molecule is COc1cc2c(cc1OC)[C@]1(O)C(=O)c3ccccc3[C@]1(O)N2. The summed E-state index contributed by atoms with van der Waals surface area (Å²) in [4.78, 5) is 12.8. The molecule has 0 unspecified atom stereocenters. The van der Waals surface area contributed by atoms with Crippen LogP contribution in [0.5, 0.6) is 11.5 Å². The number of anilines is 1. The Kier molecular flexibility index (Phi) is 2.59. The zero-order chi connectivity index (χ0) is 16.4. The number of aliphatic hydroxyl groups is 2. The van der Waals surface area contributed by atoms with Gasteiger partial charge < -0.3 is 25.0 Å². The van der Waals surface area contributed by atoms with E-state index in [4.69, 9.17) is 9.47 Å². The van der Waals surface area contributed by atoms with Crippen LogP contribution in [0.3, 0.4) is 0 Å². The number of nitrogens with one attached hydrogen (secondary N) is 1. The van der Waals surface area contributed by atoms with Crippen LogP contribution in [0.2, 0.25) is 0 Å². The summed E-state index contributed by atoms with van der Waals surface area (Å²) in [6.45, 7) is 0. The second-order valence-electron chi connectivity index (χ2n) is 5.67. The number of rotatable bonds is 2. The standard InChI is InChI=1S/C17H15NO5/c1-22-13-7-11-12(8-14(13)23-2)18-17(21)10-6-4-3-5-9(10)15(19)16(11,17)20/h3-8,18,20-21H,1-2H3/t16-,17+/m0/s1. The first-order valence-corrected chi connectivity index (χ1v) is 7.11. The predicted octanol–water partition coefficient (Wildman–Crippen LogP) is 1.36. The zero-order valence-electron chi connectivity index (χ0n) is 12.6. The highest BCUT2D eigenvalue weighted by atomic mass is 16.5. The van der Waals surface area contributed by atoms with Crippen LogP contribution >= 0.6 is 0 Å². The van der Waals surface area contributed by atoms with Gasteiger partial charge in [0.15, 0.2) is 11.5 Å². The molecule has 0 amide bonds. The third kappa shape index (κ3) is 1.42. The lowest BCUT2D eigenvalue weighted by molar-refractivity contribution is -0.101. The van der Waals surface area contributed by atoms with Gasteiger partial charge in [-0.25, -0.2) is 0 Å². The van der Waals surface area contributed by atoms with Gasteiger partial charge in [0.05, 0.1) is 14.2 Å². The molecule has 0 aromatic heterocycles. The molecular formula is C17H15NO5. The number of ketones is 1. The molecule has 23 heavy (non-hydrogen) atoms. The third-order valence-corrected chi connectivity index (χ3v) is 4.64. The van der Waals surface area contributed by atoms with Gasteiger partial charge in [0.25, 0.3) is 0 Å². The molecule has 2 aliphatic rings. The van der Waals surface area contributed by atoms with Crippen molar-refractivity contribution in [2.24, 2.45) is 0 Å². The first kappa shape index (κ1) is 14.0. The van der Waals surface area contributed by atoms with Crippen LogP contribution in [-0.2, 0) is 11.3 Å². The van der Waals surface area contributed by atoms with E-state index in [1.165, 1.54) is 20.3 Å². The Morgan fingerprint density at radius 1 is 1.00 bits per heavy atom. The van der Waals surface area contributed by atoms with E-state index in [9.17, 15) is 15.0 Å². The van der Waals surface area contributed by atoms with Gasteiger partial charge in [0, 0.05) is 28.4 Å². The van der Waals surface area contributed by atoms with Crippen molar-refractivity contribution in [2.45, 2.75) is 11.3 Å². The second kappa shape index (κ2) is 4.24. The minimum atomic E-state index is -2.11. The molecule has 0 spiro atoms. The highest BCUT2D eigenvalue weighted by molar-refractivity contribution is 6.11. The van der Waals surface area contributed by atoms with Gasteiger partial charge in [0.2, 0.25) is 17.1 Å². The fourth-order valence-corrected chi connectivity index (χ4v) is 3.50. The van der Waals surface area contributed by atoms with Gasteiger partial charge in [-0.1, -0.05) is 24.3 Å². The number of carbonyl (C=O) groups is 1. The van der Waals surface area contributed by atoms with E-state index in [0.717, 1.165) is 0 Å². The monoisotopic (exact) mass is 313 g/mol. The summed E-state index contributed by atoms with van der Waals surface area (Å²) < 4.78 is 10.5. The smallest absolute Gasteiger partial charge is 0.207 e. The largest absolute Gasteiger partial charge is 0.493 e. The molecule has 3 N–H and O–H groups in total. The molecule has 2 aromatic rings. The van der Waals surface area contributed by atoms with Crippen LogP contribution in [-0.4, -0.2) is 30.2 Å². The Bertz CT molecular complexity index is 849. The molecule has 1 aliphatic heterocycles. The minimum absolute atomic E-state index is 0.263. The molecule has 0 fully saturated rings. The fourth-order valence-electron chi connectivity index (χ4n) is 3.50. The van der Waals surface area contributed by atoms with Crippen molar-refractivity contribution in [1.29, 1.82) is 0 Å². The lowest BCUT2D eigenvalue weighted by Crippen LogP contribution is -2.49. The van der Waals surface area contributed by atoms with Gasteiger partial charge in [-0.3, -0.25) is 4.79 Å². The van der Waals surface area contributed by atoms with E-state index in [-0.39, 0.29) is 5.56 Å². The highest BCUT2D eigenvalue weighted by Crippen LogP contribution is 2.58. The molecule has 0 radical (unpaired) electrons. The number of ether oxygens (including phenoxy) is 2. The maximum Gasteiger partial charge on any atom is 0.207 e. The topological polar surface area (TPSA) is 88.0 Å². The molecule has 0 saturated heterocycles. The molecular weight excluding hydrogens is 298 g/mol. The van der Waals surface area contributed by atoms with Crippen LogP contribution in [0.15, 0.2) is 36.4 Å². The molecule has 2 atom stereocenters.